The third-order valence-electron chi connectivity index (χ3n) is 5.41. The lowest BCUT2D eigenvalue weighted by molar-refractivity contribution is 0.0611. The molecule has 3 rings (SSSR count). The zero-order valence-corrected chi connectivity index (χ0v) is 17.8. The SMILES string of the molecule is CC1=C=C(Cc2ccccc2F)C(N2CCN(CC(O)C(C)C)CC2)=NC(C)=N1. The molecule has 156 valence electrons. The second-order valence-electron chi connectivity index (χ2n) is 8.15. The van der Waals surface area contributed by atoms with Crippen molar-refractivity contribution in [3.63, 3.8) is 0 Å². The van der Waals surface area contributed by atoms with E-state index in [1.807, 2.05) is 33.8 Å². The van der Waals surface area contributed by atoms with Crippen LogP contribution in [0.2, 0.25) is 0 Å². The van der Waals surface area contributed by atoms with Gasteiger partial charge in [-0.15, -0.1) is 0 Å². The maximum Gasteiger partial charge on any atom is 0.142 e. The number of aliphatic imine (C=N–C) groups is 2. The molecule has 1 fully saturated rings. The summed E-state index contributed by atoms with van der Waals surface area (Å²) in [5.74, 6) is 1.55. The quantitative estimate of drug-likeness (QED) is 0.775. The van der Waals surface area contributed by atoms with Gasteiger partial charge in [-0.3, -0.25) is 4.90 Å². The second kappa shape index (κ2) is 9.49. The van der Waals surface area contributed by atoms with Crippen molar-refractivity contribution in [3.8, 4) is 0 Å². The molecule has 0 saturated carbocycles. The number of hydrogen-bond donors (Lipinski definition) is 1. The second-order valence-corrected chi connectivity index (χ2v) is 8.15. The molecule has 1 atom stereocenters. The summed E-state index contributed by atoms with van der Waals surface area (Å²) in [6, 6.07) is 6.85. The summed E-state index contributed by atoms with van der Waals surface area (Å²) >= 11 is 0. The number of hydrogen-bond acceptors (Lipinski definition) is 5. The minimum Gasteiger partial charge on any atom is -0.392 e. The molecule has 1 aromatic rings. The Kier molecular flexibility index (Phi) is 7.01. The van der Waals surface area contributed by atoms with E-state index in [1.165, 1.54) is 6.07 Å². The van der Waals surface area contributed by atoms with Gasteiger partial charge >= 0.3 is 0 Å². The van der Waals surface area contributed by atoms with Gasteiger partial charge < -0.3 is 10.0 Å². The molecule has 0 bridgehead atoms. The maximum atomic E-state index is 14.3. The molecule has 0 aliphatic carbocycles. The van der Waals surface area contributed by atoms with Crippen LogP contribution in [0.5, 0.6) is 0 Å². The van der Waals surface area contributed by atoms with E-state index >= 15 is 0 Å². The highest BCUT2D eigenvalue weighted by molar-refractivity contribution is 6.06. The highest BCUT2D eigenvalue weighted by Gasteiger charge is 2.25. The minimum atomic E-state index is -0.312. The minimum absolute atomic E-state index is 0.215. The monoisotopic (exact) mass is 398 g/mol. The van der Waals surface area contributed by atoms with Crippen molar-refractivity contribution in [3.05, 3.63) is 52.6 Å². The third-order valence-corrected chi connectivity index (χ3v) is 5.41. The van der Waals surface area contributed by atoms with Crippen molar-refractivity contribution in [2.24, 2.45) is 15.9 Å². The average molecular weight is 399 g/mol. The number of benzene rings is 1. The third kappa shape index (κ3) is 5.63. The van der Waals surface area contributed by atoms with Crippen LogP contribution < -0.4 is 0 Å². The van der Waals surface area contributed by atoms with E-state index in [0.29, 0.717) is 24.4 Å². The Morgan fingerprint density at radius 2 is 1.79 bits per heavy atom. The molecule has 6 heteroatoms. The van der Waals surface area contributed by atoms with Crippen molar-refractivity contribution in [1.82, 2.24) is 9.80 Å². The van der Waals surface area contributed by atoms with E-state index in [2.05, 4.69) is 20.5 Å². The van der Waals surface area contributed by atoms with Gasteiger partial charge in [-0.05, 0) is 31.4 Å². The molecule has 0 radical (unpaired) electrons. The van der Waals surface area contributed by atoms with Gasteiger partial charge in [0, 0.05) is 44.7 Å². The van der Waals surface area contributed by atoms with Crippen molar-refractivity contribution in [2.45, 2.75) is 40.2 Å². The molecule has 0 aromatic heterocycles. The zero-order valence-electron chi connectivity index (χ0n) is 17.8. The van der Waals surface area contributed by atoms with Crippen LogP contribution in [0.15, 0.2) is 51.3 Å². The van der Waals surface area contributed by atoms with Crippen LogP contribution in [-0.4, -0.2) is 65.4 Å². The molecule has 5 nitrogen and oxygen atoms in total. The fraction of sp³-hybridized carbons (Fsp3) is 0.522. The van der Waals surface area contributed by atoms with E-state index in [0.717, 1.165) is 43.3 Å². The average Bonchev–Trinajstić information content (AvgIpc) is 2.81. The number of aliphatic hydroxyl groups excluding tert-OH is 1. The van der Waals surface area contributed by atoms with Gasteiger partial charge in [0.2, 0.25) is 0 Å². The first kappa shape index (κ1) is 21.4. The number of nitrogens with zero attached hydrogens (tertiary/aromatic N) is 4. The highest BCUT2D eigenvalue weighted by atomic mass is 19.1. The van der Waals surface area contributed by atoms with Crippen LogP contribution in [0.4, 0.5) is 4.39 Å². The van der Waals surface area contributed by atoms with Crippen molar-refractivity contribution in [2.75, 3.05) is 32.7 Å². The Morgan fingerprint density at radius 1 is 1.10 bits per heavy atom. The molecule has 1 aromatic carbocycles. The van der Waals surface area contributed by atoms with Crippen molar-refractivity contribution < 1.29 is 9.50 Å². The van der Waals surface area contributed by atoms with E-state index in [-0.39, 0.29) is 17.8 Å². The van der Waals surface area contributed by atoms with Crippen LogP contribution in [0.25, 0.3) is 0 Å². The van der Waals surface area contributed by atoms with Gasteiger partial charge in [0.15, 0.2) is 0 Å². The van der Waals surface area contributed by atoms with Gasteiger partial charge in [0.25, 0.3) is 0 Å². The van der Waals surface area contributed by atoms with Gasteiger partial charge in [0.1, 0.15) is 17.5 Å². The summed E-state index contributed by atoms with van der Waals surface area (Å²) in [7, 11) is 0. The first-order valence-corrected chi connectivity index (χ1v) is 10.3. The van der Waals surface area contributed by atoms with Crippen LogP contribution in [0, 0.1) is 11.7 Å². The molecular weight excluding hydrogens is 367 g/mol. The number of rotatable bonds is 5. The molecule has 2 aliphatic rings. The Labute approximate surface area is 173 Å². The standard InChI is InChI=1S/C23H31FN4O/c1-16(2)22(29)15-27-9-11-28(12-10-27)23-20(13-17(3)25-18(4)26-23)14-19-7-5-6-8-21(19)24/h5-8,16,22,29H,9-12,14-15H2,1-4H3. The van der Waals surface area contributed by atoms with Gasteiger partial charge in [0.05, 0.1) is 11.8 Å². The smallest absolute Gasteiger partial charge is 0.142 e. The lowest BCUT2D eigenvalue weighted by Gasteiger charge is -2.38. The van der Waals surface area contributed by atoms with Crippen LogP contribution in [-0.2, 0) is 6.42 Å². The summed E-state index contributed by atoms with van der Waals surface area (Å²) in [5, 5.41) is 10.2. The first-order valence-electron chi connectivity index (χ1n) is 10.3. The Bertz CT molecular complexity index is 859. The van der Waals surface area contributed by atoms with E-state index in [1.54, 1.807) is 12.1 Å². The summed E-state index contributed by atoms with van der Waals surface area (Å²) in [6.07, 6.45) is 0.117. The summed E-state index contributed by atoms with van der Waals surface area (Å²) < 4.78 is 14.3. The maximum absolute atomic E-state index is 14.3. The van der Waals surface area contributed by atoms with E-state index < -0.39 is 0 Å². The number of piperazine rings is 1. The highest BCUT2D eigenvalue weighted by Crippen LogP contribution is 2.19. The fourth-order valence-electron chi connectivity index (χ4n) is 3.63. The molecule has 29 heavy (non-hydrogen) atoms. The summed E-state index contributed by atoms with van der Waals surface area (Å²) in [4.78, 5) is 13.7. The van der Waals surface area contributed by atoms with Crippen molar-refractivity contribution >= 4 is 11.7 Å². The largest absolute Gasteiger partial charge is 0.392 e. The number of amidine groups is 2. The Morgan fingerprint density at radius 3 is 2.45 bits per heavy atom. The van der Waals surface area contributed by atoms with Gasteiger partial charge in [-0.2, -0.15) is 0 Å². The Hall–Kier alpha value is -2.27. The lowest BCUT2D eigenvalue weighted by Crippen LogP contribution is -2.51. The van der Waals surface area contributed by atoms with Gasteiger partial charge in [-0.25, -0.2) is 14.4 Å². The number of β-amino-alcohol motifs (C(OH)–C–C–N with tert-alkyl or cyclic N) is 1. The van der Waals surface area contributed by atoms with Crippen molar-refractivity contribution in [1.29, 1.82) is 0 Å². The molecule has 2 aliphatic heterocycles. The molecule has 1 unspecified atom stereocenters. The van der Waals surface area contributed by atoms with Crippen LogP contribution >= 0.6 is 0 Å². The summed E-state index contributed by atoms with van der Waals surface area (Å²) in [6.45, 7) is 11.9. The molecule has 0 spiro atoms. The predicted molar refractivity (Wildman–Crippen MR) is 116 cm³/mol. The van der Waals surface area contributed by atoms with E-state index in [4.69, 9.17) is 4.99 Å². The first-order chi connectivity index (χ1) is 13.8. The molecule has 1 saturated heterocycles. The van der Waals surface area contributed by atoms with E-state index in [9.17, 15) is 9.50 Å². The summed E-state index contributed by atoms with van der Waals surface area (Å²) in [5.41, 5.74) is 5.60. The molecule has 2 heterocycles. The van der Waals surface area contributed by atoms with Crippen LogP contribution in [0.1, 0.15) is 33.3 Å². The number of halogens is 1. The Balaban J connectivity index is 1.78. The molecule has 0 amide bonds. The van der Waals surface area contributed by atoms with Crippen LogP contribution in [0.3, 0.4) is 0 Å². The normalized spacial score (nSPS) is 19.3. The number of aliphatic hydroxyl groups is 1. The fourth-order valence-corrected chi connectivity index (χ4v) is 3.63. The lowest BCUT2D eigenvalue weighted by atomic mass is 10.0. The molecular formula is C23H31FN4O. The molecule has 1 N–H and O–H groups in total. The topological polar surface area (TPSA) is 51.4 Å². The zero-order chi connectivity index (χ0) is 21.0. The van der Waals surface area contributed by atoms with Gasteiger partial charge in [-0.1, -0.05) is 37.8 Å². The predicted octanol–water partition coefficient (Wildman–Crippen LogP) is 3.26.